The molecule has 0 aliphatic rings. The van der Waals surface area contributed by atoms with Crippen LogP contribution in [0.4, 0.5) is 0 Å². The predicted molar refractivity (Wildman–Crippen MR) is 148 cm³/mol. The number of phenolic OH excluding ortho intramolecular Hbond substituents is 1. The van der Waals surface area contributed by atoms with Gasteiger partial charge in [-0.2, -0.15) is 0 Å². The summed E-state index contributed by atoms with van der Waals surface area (Å²) in [6.45, 7) is 4.99. The largest absolute Gasteiger partial charge is 1.00 e. The first-order valence-electron chi connectivity index (χ1n) is 12.8. The minimum Gasteiger partial charge on any atom is -0.545 e. The van der Waals surface area contributed by atoms with Gasteiger partial charge in [0.25, 0.3) is 0 Å². The quantitative estimate of drug-likeness (QED) is 0.201. The van der Waals surface area contributed by atoms with Crippen LogP contribution in [0.3, 0.4) is 0 Å². The van der Waals surface area contributed by atoms with E-state index in [0.29, 0.717) is 43.3 Å². The zero-order chi connectivity index (χ0) is 26.9. The van der Waals surface area contributed by atoms with Gasteiger partial charge in [-0.3, -0.25) is 0 Å². The average molecular weight is 555 g/mol. The molecule has 0 aliphatic heterocycles. The monoisotopic (exact) mass is 554 g/mol. The van der Waals surface area contributed by atoms with Crippen molar-refractivity contribution in [2.24, 2.45) is 0 Å². The molecule has 8 heteroatoms. The summed E-state index contributed by atoms with van der Waals surface area (Å²) in [4.78, 5) is 12.5. The van der Waals surface area contributed by atoms with Gasteiger partial charge in [-0.15, -0.1) is 11.3 Å². The fourth-order valence-electron chi connectivity index (χ4n) is 4.19. The number of carbonyl (C=O) groups is 1. The molecule has 39 heavy (non-hydrogen) atoms. The normalized spacial score (nSPS) is 10.5. The van der Waals surface area contributed by atoms with E-state index in [1.165, 1.54) is 6.07 Å². The first-order valence-corrected chi connectivity index (χ1v) is 13.6. The molecular weight excluding hydrogens is 523 g/mol. The summed E-state index contributed by atoms with van der Waals surface area (Å²) >= 11 is 1.59. The molecule has 0 saturated heterocycles. The number of aryl methyl sites for hydroxylation is 1. The summed E-state index contributed by atoms with van der Waals surface area (Å²) < 4.78 is 18.1. The maximum Gasteiger partial charge on any atom is 1.00 e. The second kappa shape index (κ2) is 15.0. The first-order chi connectivity index (χ1) is 18.5. The van der Waals surface area contributed by atoms with Crippen molar-refractivity contribution in [3.05, 3.63) is 88.8 Å². The van der Waals surface area contributed by atoms with Crippen LogP contribution in [0.2, 0.25) is 0 Å². The van der Waals surface area contributed by atoms with Crippen LogP contribution in [0.25, 0.3) is 10.4 Å². The van der Waals surface area contributed by atoms with Gasteiger partial charge in [0.1, 0.15) is 28.7 Å². The van der Waals surface area contributed by atoms with Crippen molar-refractivity contribution in [2.45, 2.75) is 39.5 Å². The van der Waals surface area contributed by atoms with E-state index in [1.54, 1.807) is 35.6 Å². The van der Waals surface area contributed by atoms with Crippen molar-refractivity contribution < 1.29 is 58.8 Å². The Kier molecular flexibility index (Phi) is 11.7. The minimum atomic E-state index is -1.29. The molecule has 198 valence electrons. The van der Waals surface area contributed by atoms with Gasteiger partial charge in [0.2, 0.25) is 0 Å². The molecule has 0 saturated carbocycles. The zero-order valence-electron chi connectivity index (χ0n) is 22.6. The Balaban J connectivity index is 0.00000420. The number of thiophene rings is 1. The molecule has 1 aromatic heterocycles. The number of hydrogen-bond acceptors (Lipinski definition) is 7. The number of para-hydroxylation sites is 1. The fourth-order valence-corrected chi connectivity index (χ4v) is 4.94. The van der Waals surface area contributed by atoms with E-state index in [0.717, 1.165) is 34.4 Å². The summed E-state index contributed by atoms with van der Waals surface area (Å²) in [5, 5.41) is 24.0. The molecule has 0 unspecified atom stereocenters. The van der Waals surface area contributed by atoms with Crippen molar-refractivity contribution in [1.82, 2.24) is 0 Å². The van der Waals surface area contributed by atoms with Crippen LogP contribution in [0, 0.1) is 0 Å². The van der Waals surface area contributed by atoms with Crippen molar-refractivity contribution in [1.29, 1.82) is 0 Å². The van der Waals surface area contributed by atoms with Crippen LogP contribution in [0.15, 0.2) is 72.1 Å². The Morgan fingerprint density at radius 3 is 2.31 bits per heavy atom. The Bertz CT molecular complexity index is 1370. The summed E-state index contributed by atoms with van der Waals surface area (Å²) in [6, 6.07) is 19.6. The molecule has 6 nitrogen and oxygen atoms in total. The maximum atomic E-state index is 11.5. The molecule has 0 fully saturated rings. The SMILES string of the molecule is CCCc1c(OCCCOc2cc(O)c(-c3cccs3)cc2CC)cccc1Oc1ccccc1C(=O)[O-].[Na+]. The Morgan fingerprint density at radius 1 is 0.897 bits per heavy atom. The number of carbonyl (C=O) groups excluding carboxylic acids is 1. The third-order valence-electron chi connectivity index (χ3n) is 6.07. The van der Waals surface area contributed by atoms with Gasteiger partial charge in [0, 0.05) is 34.1 Å². The average Bonchev–Trinajstić information content (AvgIpc) is 3.45. The molecule has 0 radical (unpaired) electrons. The summed E-state index contributed by atoms with van der Waals surface area (Å²) in [5.74, 6) is 1.09. The molecule has 0 amide bonds. The van der Waals surface area contributed by atoms with Crippen molar-refractivity contribution in [3.63, 3.8) is 0 Å². The first kappa shape index (κ1) is 30.6. The van der Waals surface area contributed by atoms with E-state index in [-0.39, 0.29) is 46.6 Å². The molecule has 4 aromatic rings. The summed E-state index contributed by atoms with van der Waals surface area (Å²) in [7, 11) is 0. The van der Waals surface area contributed by atoms with Gasteiger partial charge < -0.3 is 29.2 Å². The fraction of sp³-hybridized carbons (Fsp3) is 0.258. The Labute approximate surface area is 255 Å². The van der Waals surface area contributed by atoms with E-state index >= 15 is 0 Å². The maximum absolute atomic E-state index is 11.5. The number of aromatic hydroxyl groups is 1. The van der Waals surface area contributed by atoms with Crippen molar-refractivity contribution >= 4 is 17.3 Å². The number of carboxylic acid groups (broad SMARTS) is 1. The standard InChI is InChI=1S/C31H32O6S.Na/c1-3-10-22-26(13-7-14-27(22)37-28-12-6-5-11-23(28)31(33)34)35-16-9-17-36-29-20-25(32)24(19-21(29)4-2)30-15-8-18-38-30;/h5-8,11-15,18-20,32H,3-4,9-10,16-17H2,1-2H3,(H,33,34);/q;+1/p-1. The molecular formula is C31H31NaO6S. The number of benzene rings is 3. The minimum absolute atomic E-state index is 0. The number of ether oxygens (including phenoxy) is 3. The van der Waals surface area contributed by atoms with E-state index in [1.807, 2.05) is 41.8 Å². The Morgan fingerprint density at radius 2 is 1.62 bits per heavy atom. The van der Waals surface area contributed by atoms with Gasteiger partial charge in [0.15, 0.2) is 0 Å². The van der Waals surface area contributed by atoms with Crippen molar-refractivity contribution in [2.75, 3.05) is 13.2 Å². The number of carboxylic acids is 1. The van der Waals surface area contributed by atoms with Gasteiger partial charge in [-0.25, -0.2) is 0 Å². The number of aromatic carboxylic acids is 1. The second-order valence-corrected chi connectivity index (χ2v) is 9.67. The van der Waals surface area contributed by atoms with Crippen molar-refractivity contribution in [3.8, 4) is 39.2 Å². The van der Waals surface area contributed by atoms with E-state index < -0.39 is 5.97 Å². The van der Waals surface area contributed by atoms with E-state index in [2.05, 4.69) is 13.8 Å². The number of rotatable bonds is 13. The van der Waals surface area contributed by atoms with Crippen LogP contribution in [0.1, 0.15) is 48.2 Å². The summed E-state index contributed by atoms with van der Waals surface area (Å²) in [6.07, 6.45) is 3.01. The van der Waals surface area contributed by atoms with Crippen LogP contribution >= 0.6 is 11.3 Å². The molecule has 1 heterocycles. The number of phenols is 1. The molecule has 4 rings (SSSR count). The number of hydrogen-bond donors (Lipinski definition) is 1. The summed E-state index contributed by atoms with van der Waals surface area (Å²) in [5.41, 5.74) is 2.74. The molecule has 0 atom stereocenters. The van der Waals surface area contributed by atoms with Gasteiger partial charge in [-0.05, 0) is 60.2 Å². The van der Waals surface area contributed by atoms with Crippen LogP contribution in [0.5, 0.6) is 28.7 Å². The van der Waals surface area contributed by atoms with Crippen LogP contribution in [-0.2, 0) is 12.8 Å². The third kappa shape index (κ3) is 7.79. The van der Waals surface area contributed by atoms with Gasteiger partial charge in [0.05, 0.1) is 19.2 Å². The van der Waals surface area contributed by atoms with E-state index in [9.17, 15) is 15.0 Å². The molecule has 1 N–H and O–H groups in total. The van der Waals surface area contributed by atoms with E-state index in [4.69, 9.17) is 14.2 Å². The predicted octanol–water partition coefficient (Wildman–Crippen LogP) is 3.64. The van der Waals surface area contributed by atoms with Crippen LogP contribution < -0.4 is 48.9 Å². The molecule has 0 bridgehead atoms. The topological polar surface area (TPSA) is 88.1 Å². The molecule has 0 spiro atoms. The van der Waals surface area contributed by atoms with Crippen LogP contribution in [-0.4, -0.2) is 24.3 Å². The zero-order valence-corrected chi connectivity index (χ0v) is 25.4. The molecule has 0 aliphatic carbocycles. The Hall–Kier alpha value is -2.97. The van der Waals surface area contributed by atoms with Gasteiger partial charge in [-0.1, -0.05) is 44.5 Å². The second-order valence-electron chi connectivity index (χ2n) is 8.73. The third-order valence-corrected chi connectivity index (χ3v) is 6.97. The van der Waals surface area contributed by atoms with Gasteiger partial charge >= 0.3 is 29.6 Å². The smallest absolute Gasteiger partial charge is 0.545 e. The molecule has 3 aromatic carbocycles.